The van der Waals surface area contributed by atoms with Crippen molar-refractivity contribution in [3.8, 4) is 0 Å². The molecule has 164 valence electrons. The van der Waals surface area contributed by atoms with Gasteiger partial charge in [-0.2, -0.15) is 0 Å². The zero-order chi connectivity index (χ0) is 22.1. The Hall–Kier alpha value is -2.76. The summed E-state index contributed by atoms with van der Waals surface area (Å²) >= 11 is 0. The highest BCUT2D eigenvalue weighted by atomic mass is 16.2. The Morgan fingerprint density at radius 2 is 2.00 bits per heavy atom. The van der Waals surface area contributed by atoms with E-state index < -0.39 is 0 Å². The standard InChI is InChI=1S/C25H32N4O2/c1-16(2)25(31)28-12-11-20(15-28)23-26-18(4)21-8-9-22(30)29(24(21)27-23)13-10-19-7-5-6-17(3)14-19/h5-7,14,16,20H,8-13,15H2,1-4H3/t20-/m1/s1. The van der Waals surface area contributed by atoms with Crippen molar-refractivity contribution in [3.63, 3.8) is 0 Å². The minimum Gasteiger partial charge on any atom is -0.342 e. The van der Waals surface area contributed by atoms with Gasteiger partial charge in [0, 0.05) is 49.1 Å². The molecule has 1 fully saturated rings. The van der Waals surface area contributed by atoms with Crippen LogP contribution in [0.2, 0.25) is 0 Å². The normalized spacial score (nSPS) is 18.6. The maximum Gasteiger partial charge on any atom is 0.228 e. The topological polar surface area (TPSA) is 66.4 Å². The highest BCUT2D eigenvalue weighted by molar-refractivity contribution is 5.95. The van der Waals surface area contributed by atoms with Crippen molar-refractivity contribution in [1.82, 2.24) is 14.9 Å². The molecule has 1 aromatic carbocycles. The van der Waals surface area contributed by atoms with Gasteiger partial charge in [-0.1, -0.05) is 43.7 Å². The maximum absolute atomic E-state index is 12.8. The van der Waals surface area contributed by atoms with Gasteiger partial charge in [-0.25, -0.2) is 9.97 Å². The Labute approximate surface area is 184 Å². The average Bonchev–Trinajstić information content (AvgIpc) is 3.22. The molecule has 1 saturated heterocycles. The first-order chi connectivity index (χ1) is 14.8. The molecule has 2 amide bonds. The maximum atomic E-state index is 12.8. The van der Waals surface area contributed by atoms with E-state index in [2.05, 4.69) is 31.2 Å². The summed E-state index contributed by atoms with van der Waals surface area (Å²) < 4.78 is 0. The number of hydrogen-bond donors (Lipinski definition) is 0. The lowest BCUT2D eigenvalue weighted by molar-refractivity contribution is -0.133. The molecule has 3 heterocycles. The summed E-state index contributed by atoms with van der Waals surface area (Å²) in [5, 5.41) is 0. The number of benzene rings is 1. The van der Waals surface area contributed by atoms with Gasteiger partial charge in [0.15, 0.2) is 0 Å². The van der Waals surface area contributed by atoms with E-state index in [1.165, 1.54) is 11.1 Å². The zero-order valence-electron chi connectivity index (χ0n) is 19.0. The summed E-state index contributed by atoms with van der Waals surface area (Å²) in [6.45, 7) is 10.0. The molecular weight excluding hydrogens is 388 g/mol. The molecular formula is C25H32N4O2. The molecule has 1 atom stereocenters. The Bertz CT molecular complexity index is 1000. The van der Waals surface area contributed by atoms with Gasteiger partial charge in [0.1, 0.15) is 11.6 Å². The van der Waals surface area contributed by atoms with Crippen LogP contribution in [0, 0.1) is 19.8 Å². The molecule has 6 nitrogen and oxygen atoms in total. The molecule has 0 bridgehead atoms. The molecule has 0 spiro atoms. The third-order valence-corrected chi connectivity index (χ3v) is 6.42. The molecule has 0 radical (unpaired) electrons. The Balaban J connectivity index is 1.57. The van der Waals surface area contributed by atoms with Crippen molar-refractivity contribution in [2.75, 3.05) is 24.5 Å². The number of aromatic nitrogens is 2. The van der Waals surface area contributed by atoms with Crippen LogP contribution < -0.4 is 4.90 Å². The summed E-state index contributed by atoms with van der Waals surface area (Å²) in [6.07, 6.45) is 2.87. The number of hydrogen-bond acceptors (Lipinski definition) is 4. The Morgan fingerprint density at radius 1 is 1.19 bits per heavy atom. The monoisotopic (exact) mass is 420 g/mol. The molecule has 2 aliphatic heterocycles. The number of carbonyl (C=O) groups excluding carboxylic acids is 2. The Morgan fingerprint density at radius 3 is 2.74 bits per heavy atom. The lowest BCUT2D eigenvalue weighted by atomic mass is 10.0. The van der Waals surface area contributed by atoms with Crippen molar-refractivity contribution >= 4 is 17.6 Å². The summed E-state index contributed by atoms with van der Waals surface area (Å²) in [5.74, 6) is 1.99. The number of fused-ring (bicyclic) bond motifs is 1. The van der Waals surface area contributed by atoms with Gasteiger partial charge >= 0.3 is 0 Å². The minimum atomic E-state index is -0.000302. The SMILES string of the molecule is Cc1cccc(CCN2C(=O)CCc3c(C)nc([C@@H]4CCN(C(=O)C(C)C)C4)nc32)c1. The fourth-order valence-electron chi connectivity index (χ4n) is 4.66. The van der Waals surface area contributed by atoms with Gasteiger partial charge in [0.05, 0.1) is 0 Å². The first kappa shape index (κ1) is 21.5. The molecule has 1 aromatic heterocycles. The number of carbonyl (C=O) groups is 2. The average molecular weight is 421 g/mol. The van der Waals surface area contributed by atoms with Crippen LogP contribution in [0.25, 0.3) is 0 Å². The van der Waals surface area contributed by atoms with Crippen LogP contribution in [0.15, 0.2) is 24.3 Å². The van der Waals surface area contributed by atoms with Gasteiger partial charge < -0.3 is 4.90 Å². The van der Waals surface area contributed by atoms with E-state index in [0.29, 0.717) is 25.9 Å². The fourth-order valence-corrected chi connectivity index (χ4v) is 4.66. The molecule has 2 aromatic rings. The molecule has 2 aliphatic rings. The zero-order valence-corrected chi connectivity index (χ0v) is 19.0. The first-order valence-corrected chi connectivity index (χ1v) is 11.4. The molecule has 0 aliphatic carbocycles. The molecule has 0 unspecified atom stereocenters. The van der Waals surface area contributed by atoms with Gasteiger partial charge in [-0.05, 0) is 38.7 Å². The van der Waals surface area contributed by atoms with E-state index >= 15 is 0 Å². The van der Waals surface area contributed by atoms with E-state index in [9.17, 15) is 9.59 Å². The van der Waals surface area contributed by atoms with Gasteiger partial charge in [0.25, 0.3) is 0 Å². The van der Waals surface area contributed by atoms with Crippen molar-refractivity contribution in [2.24, 2.45) is 5.92 Å². The summed E-state index contributed by atoms with van der Waals surface area (Å²) in [4.78, 5) is 38.7. The molecule has 6 heteroatoms. The number of amides is 2. The van der Waals surface area contributed by atoms with Crippen LogP contribution in [0.1, 0.15) is 60.8 Å². The van der Waals surface area contributed by atoms with E-state index in [0.717, 1.165) is 42.3 Å². The van der Waals surface area contributed by atoms with Crippen LogP contribution in [-0.2, 0) is 22.4 Å². The van der Waals surface area contributed by atoms with Crippen LogP contribution >= 0.6 is 0 Å². The Kier molecular flexibility index (Phi) is 6.08. The van der Waals surface area contributed by atoms with Gasteiger partial charge in [-0.3, -0.25) is 14.5 Å². The second-order valence-electron chi connectivity index (χ2n) is 9.18. The summed E-state index contributed by atoms with van der Waals surface area (Å²) in [5.41, 5.74) is 4.50. The smallest absolute Gasteiger partial charge is 0.228 e. The molecule has 31 heavy (non-hydrogen) atoms. The second kappa shape index (κ2) is 8.77. The van der Waals surface area contributed by atoms with E-state index in [4.69, 9.17) is 9.97 Å². The van der Waals surface area contributed by atoms with Crippen molar-refractivity contribution < 1.29 is 9.59 Å². The lowest BCUT2D eigenvalue weighted by Crippen LogP contribution is -2.38. The van der Waals surface area contributed by atoms with E-state index in [1.807, 2.05) is 30.6 Å². The number of aryl methyl sites for hydroxylation is 2. The quantitative estimate of drug-likeness (QED) is 0.741. The summed E-state index contributed by atoms with van der Waals surface area (Å²) in [7, 11) is 0. The third kappa shape index (κ3) is 4.48. The van der Waals surface area contributed by atoms with Crippen LogP contribution in [0.5, 0.6) is 0 Å². The van der Waals surface area contributed by atoms with E-state index in [-0.39, 0.29) is 23.7 Å². The first-order valence-electron chi connectivity index (χ1n) is 11.4. The second-order valence-corrected chi connectivity index (χ2v) is 9.18. The number of likely N-dealkylation sites (tertiary alicyclic amines) is 1. The minimum absolute atomic E-state index is 0.000302. The molecule has 4 rings (SSSR count). The third-order valence-electron chi connectivity index (χ3n) is 6.42. The van der Waals surface area contributed by atoms with Crippen molar-refractivity contribution in [2.45, 2.75) is 59.3 Å². The fraction of sp³-hybridized carbons (Fsp3) is 0.520. The number of nitrogens with zero attached hydrogens (tertiary/aromatic N) is 4. The summed E-state index contributed by atoms with van der Waals surface area (Å²) in [6, 6.07) is 8.43. The number of anilines is 1. The van der Waals surface area contributed by atoms with Crippen molar-refractivity contribution in [1.29, 1.82) is 0 Å². The van der Waals surface area contributed by atoms with Gasteiger partial charge in [-0.15, -0.1) is 0 Å². The predicted octanol–water partition coefficient (Wildman–Crippen LogP) is 3.59. The van der Waals surface area contributed by atoms with Gasteiger partial charge in [0.2, 0.25) is 11.8 Å². The van der Waals surface area contributed by atoms with Crippen molar-refractivity contribution in [3.05, 3.63) is 52.5 Å². The van der Waals surface area contributed by atoms with Crippen LogP contribution in [0.3, 0.4) is 0 Å². The van der Waals surface area contributed by atoms with Crippen LogP contribution in [-0.4, -0.2) is 46.3 Å². The lowest BCUT2D eigenvalue weighted by Gasteiger charge is -2.30. The van der Waals surface area contributed by atoms with Crippen LogP contribution in [0.4, 0.5) is 5.82 Å². The highest BCUT2D eigenvalue weighted by Gasteiger charge is 2.33. The predicted molar refractivity (Wildman–Crippen MR) is 121 cm³/mol. The largest absolute Gasteiger partial charge is 0.342 e. The van der Waals surface area contributed by atoms with E-state index in [1.54, 1.807) is 0 Å². The molecule has 0 saturated carbocycles. The molecule has 0 N–H and O–H groups in total. The number of rotatable bonds is 5. The highest BCUT2D eigenvalue weighted by Crippen LogP contribution is 2.32.